The highest BCUT2D eigenvalue weighted by Gasteiger charge is 2.68. The van der Waals surface area contributed by atoms with Crippen molar-refractivity contribution in [2.75, 3.05) is 6.61 Å². The zero-order valence-electron chi connectivity index (χ0n) is 26.9. The second kappa shape index (κ2) is 12.6. The lowest BCUT2D eigenvalue weighted by atomic mass is 9.43. The van der Waals surface area contributed by atoms with E-state index in [4.69, 9.17) is 14.0 Å². The van der Waals surface area contributed by atoms with Crippen molar-refractivity contribution in [3.63, 3.8) is 0 Å². The van der Waals surface area contributed by atoms with Gasteiger partial charge in [0.2, 0.25) is 11.8 Å². The van der Waals surface area contributed by atoms with Crippen LogP contribution in [0.1, 0.15) is 71.9 Å². The van der Waals surface area contributed by atoms with Gasteiger partial charge < -0.3 is 24.7 Å². The first-order valence-electron chi connectivity index (χ1n) is 15.9. The molecule has 1 unspecified atom stereocenters. The number of carbonyl (C=O) groups excluding carboxylic acids is 2. The average Bonchev–Trinajstić information content (AvgIpc) is 3.32. The SMILES string of the molecule is CC(C)(C)NC(=O)C(C#N)Cc1cccc(OCCC(=O)N[C@@H](Cc2ccccc2)B2O[C@@H]3C[C@@H]4C[C@@H](C4(C)C)[C@]3(C)O2)c1. The predicted octanol–water partition coefficient (Wildman–Crippen LogP) is 5.05. The van der Waals surface area contributed by atoms with Crippen molar-refractivity contribution in [3.8, 4) is 11.8 Å². The van der Waals surface area contributed by atoms with E-state index in [2.05, 4.69) is 49.6 Å². The molecule has 4 fully saturated rings. The largest absolute Gasteiger partial charge is 0.493 e. The molecule has 0 aromatic heterocycles. The van der Waals surface area contributed by atoms with Crippen LogP contribution in [0.15, 0.2) is 54.6 Å². The number of hydrogen-bond acceptors (Lipinski definition) is 6. The third-order valence-electron chi connectivity index (χ3n) is 9.85. The van der Waals surface area contributed by atoms with Gasteiger partial charge in [0.05, 0.1) is 36.7 Å². The van der Waals surface area contributed by atoms with Crippen LogP contribution in [-0.4, -0.2) is 48.7 Å². The van der Waals surface area contributed by atoms with E-state index in [1.54, 1.807) is 0 Å². The summed E-state index contributed by atoms with van der Waals surface area (Å²) in [6.07, 6.45) is 3.24. The maximum absolute atomic E-state index is 13.2. The Kier molecular flexibility index (Phi) is 9.16. The van der Waals surface area contributed by atoms with Crippen LogP contribution >= 0.6 is 0 Å². The summed E-state index contributed by atoms with van der Waals surface area (Å²) in [4.78, 5) is 25.8. The smallest absolute Gasteiger partial charge is 0.482 e. The van der Waals surface area contributed by atoms with Crippen LogP contribution in [0.5, 0.6) is 5.75 Å². The summed E-state index contributed by atoms with van der Waals surface area (Å²) in [5, 5.41) is 15.6. The lowest BCUT2D eigenvalue weighted by molar-refractivity contribution is -0.199. The molecule has 1 saturated heterocycles. The van der Waals surface area contributed by atoms with Crippen molar-refractivity contribution in [1.82, 2.24) is 10.6 Å². The second-order valence-corrected chi connectivity index (χ2v) is 14.6. The fourth-order valence-corrected chi connectivity index (χ4v) is 7.35. The molecule has 3 aliphatic carbocycles. The summed E-state index contributed by atoms with van der Waals surface area (Å²) in [5.74, 6) is 0.108. The maximum Gasteiger partial charge on any atom is 0.482 e. The third kappa shape index (κ3) is 6.97. The molecule has 2 bridgehead atoms. The normalized spacial score (nSPS) is 26.4. The van der Waals surface area contributed by atoms with Crippen molar-refractivity contribution in [3.05, 3.63) is 65.7 Å². The van der Waals surface area contributed by atoms with Gasteiger partial charge in [-0.2, -0.15) is 5.26 Å². The summed E-state index contributed by atoms with van der Waals surface area (Å²) in [7, 11) is -0.523. The van der Waals surface area contributed by atoms with Gasteiger partial charge in [-0.25, -0.2) is 0 Å². The maximum atomic E-state index is 13.2. The third-order valence-corrected chi connectivity index (χ3v) is 9.85. The highest BCUT2D eigenvalue weighted by molar-refractivity contribution is 6.48. The first-order chi connectivity index (χ1) is 20.8. The van der Waals surface area contributed by atoms with Gasteiger partial charge >= 0.3 is 7.12 Å². The average molecular weight is 600 g/mol. The first-order valence-corrected chi connectivity index (χ1v) is 15.9. The quantitative estimate of drug-likeness (QED) is 0.350. The van der Waals surface area contributed by atoms with E-state index in [9.17, 15) is 14.9 Å². The van der Waals surface area contributed by atoms with Gasteiger partial charge in [-0.1, -0.05) is 56.3 Å². The summed E-state index contributed by atoms with van der Waals surface area (Å²) in [6, 6.07) is 19.5. The molecule has 6 atom stereocenters. The number of nitriles is 1. The molecule has 44 heavy (non-hydrogen) atoms. The highest BCUT2D eigenvalue weighted by Crippen LogP contribution is 2.65. The summed E-state index contributed by atoms with van der Waals surface area (Å²) in [5.41, 5.74) is 1.40. The van der Waals surface area contributed by atoms with Gasteiger partial charge in [0.15, 0.2) is 0 Å². The molecule has 0 spiro atoms. The monoisotopic (exact) mass is 599 g/mol. The highest BCUT2D eigenvalue weighted by atomic mass is 16.7. The van der Waals surface area contributed by atoms with Gasteiger partial charge in [-0.05, 0) is 93.9 Å². The van der Waals surface area contributed by atoms with Gasteiger partial charge in [0.25, 0.3) is 0 Å². The predicted molar refractivity (Wildman–Crippen MR) is 169 cm³/mol. The van der Waals surface area contributed by atoms with Gasteiger partial charge in [0, 0.05) is 5.54 Å². The van der Waals surface area contributed by atoms with E-state index in [-0.39, 0.29) is 54.3 Å². The molecule has 234 valence electrons. The summed E-state index contributed by atoms with van der Waals surface area (Å²) < 4.78 is 19.2. The molecule has 2 aromatic carbocycles. The van der Waals surface area contributed by atoms with Gasteiger partial charge in [-0.3, -0.25) is 9.59 Å². The van der Waals surface area contributed by atoms with Crippen LogP contribution in [0.4, 0.5) is 0 Å². The molecule has 4 aliphatic rings. The number of carbonyl (C=O) groups is 2. The molecule has 6 rings (SSSR count). The van der Waals surface area contributed by atoms with Gasteiger partial charge in [0.1, 0.15) is 11.7 Å². The molecular formula is C35H46BN3O5. The van der Waals surface area contributed by atoms with Crippen molar-refractivity contribution in [2.24, 2.45) is 23.2 Å². The van der Waals surface area contributed by atoms with E-state index >= 15 is 0 Å². The Hall–Kier alpha value is -3.35. The number of hydrogen-bond donors (Lipinski definition) is 2. The Morgan fingerprint density at radius 1 is 1.07 bits per heavy atom. The molecule has 3 saturated carbocycles. The topological polar surface area (TPSA) is 110 Å². The van der Waals surface area contributed by atoms with Crippen LogP contribution in [0, 0.1) is 34.5 Å². The van der Waals surface area contributed by atoms with Crippen molar-refractivity contribution in [1.29, 1.82) is 5.26 Å². The van der Waals surface area contributed by atoms with E-state index < -0.39 is 18.6 Å². The minimum atomic E-state index is -0.806. The van der Waals surface area contributed by atoms with Crippen LogP contribution < -0.4 is 15.4 Å². The zero-order valence-corrected chi connectivity index (χ0v) is 26.9. The molecule has 0 radical (unpaired) electrons. The van der Waals surface area contributed by atoms with Gasteiger partial charge in [-0.15, -0.1) is 0 Å². The number of nitrogens with one attached hydrogen (secondary N) is 2. The standard InChI is InChI=1S/C35H46BN3O5/c1-33(2,3)39-32(41)25(22-37)17-24-13-10-14-27(18-24)42-16-15-31(40)38-30(19-23-11-8-7-9-12-23)36-43-29-21-26-20-28(34(26,4)5)35(29,6)44-36/h7-14,18,25-26,28-30H,15-17,19-21H2,1-6H3,(H,38,40)(H,39,41)/t25?,26-,28-,29+,30-,35-/m0/s1. The number of nitrogens with zero attached hydrogens (tertiary/aromatic N) is 1. The lowest BCUT2D eigenvalue weighted by Gasteiger charge is -2.64. The second-order valence-electron chi connectivity index (χ2n) is 14.6. The van der Waals surface area contributed by atoms with Crippen molar-refractivity contribution >= 4 is 18.9 Å². The molecule has 9 heteroatoms. The van der Waals surface area contributed by atoms with Crippen molar-refractivity contribution < 1.29 is 23.6 Å². The summed E-state index contributed by atoms with van der Waals surface area (Å²) in [6.45, 7) is 12.7. The number of rotatable bonds is 11. The number of ether oxygens (including phenoxy) is 1. The Balaban J connectivity index is 1.18. The van der Waals surface area contributed by atoms with Crippen LogP contribution in [0.25, 0.3) is 0 Å². The molecule has 2 amide bonds. The molecular weight excluding hydrogens is 553 g/mol. The minimum Gasteiger partial charge on any atom is -0.493 e. The van der Waals surface area contributed by atoms with Crippen LogP contribution in [0.3, 0.4) is 0 Å². The van der Waals surface area contributed by atoms with E-state index in [1.165, 1.54) is 6.42 Å². The molecule has 8 nitrogen and oxygen atoms in total. The fourth-order valence-electron chi connectivity index (χ4n) is 7.35. The summed E-state index contributed by atoms with van der Waals surface area (Å²) >= 11 is 0. The van der Waals surface area contributed by atoms with E-state index in [0.717, 1.165) is 17.5 Å². The Bertz CT molecular complexity index is 1390. The molecule has 1 aliphatic heterocycles. The Morgan fingerprint density at radius 3 is 2.48 bits per heavy atom. The minimum absolute atomic E-state index is 0.0372. The first kappa shape index (κ1) is 32.1. The lowest BCUT2D eigenvalue weighted by Crippen LogP contribution is -2.65. The van der Waals surface area contributed by atoms with E-state index in [0.29, 0.717) is 24.0 Å². The zero-order chi connectivity index (χ0) is 31.7. The van der Waals surface area contributed by atoms with Crippen LogP contribution in [-0.2, 0) is 31.7 Å². The number of benzene rings is 2. The Morgan fingerprint density at radius 2 is 1.80 bits per heavy atom. The Labute approximate surface area is 262 Å². The molecule has 2 N–H and O–H groups in total. The molecule has 2 aromatic rings. The van der Waals surface area contributed by atoms with Crippen molar-refractivity contribution in [2.45, 2.75) is 96.8 Å². The number of amides is 2. The van der Waals surface area contributed by atoms with Crippen LogP contribution in [0.2, 0.25) is 0 Å². The van der Waals surface area contributed by atoms with E-state index in [1.807, 2.05) is 63.2 Å². The fraction of sp³-hybridized carbons (Fsp3) is 0.571. The molecule has 1 heterocycles.